The summed E-state index contributed by atoms with van der Waals surface area (Å²) in [5.74, 6) is 2.87. The molecule has 2 aromatic carbocycles. The predicted octanol–water partition coefficient (Wildman–Crippen LogP) is 4.87. The molecule has 0 unspecified atom stereocenters. The van der Waals surface area contributed by atoms with E-state index >= 15 is 0 Å². The third-order valence-electron chi connectivity index (χ3n) is 5.83. The van der Waals surface area contributed by atoms with Crippen molar-refractivity contribution in [2.24, 2.45) is 9.98 Å². The number of nitrogens with one attached hydrogen (secondary N) is 2. The van der Waals surface area contributed by atoms with E-state index in [2.05, 4.69) is 75.2 Å². The molecule has 0 radical (unpaired) electrons. The van der Waals surface area contributed by atoms with Crippen LogP contribution in [-0.2, 0) is 0 Å². The van der Waals surface area contributed by atoms with Gasteiger partial charge in [0.15, 0.2) is 0 Å². The average Bonchev–Trinajstić information content (AvgIpc) is 3.00. The van der Waals surface area contributed by atoms with Crippen molar-refractivity contribution in [1.82, 2.24) is 10.6 Å². The highest BCUT2D eigenvalue weighted by atomic mass is 16.3. The number of amidine groups is 2. The minimum Gasteiger partial charge on any atom is -0.464 e. The summed E-state index contributed by atoms with van der Waals surface area (Å²) in [6, 6.07) is 19.1. The molecule has 2 N–H and O–H groups in total. The first kappa shape index (κ1) is 19.6. The van der Waals surface area contributed by atoms with Gasteiger partial charge in [-0.3, -0.25) is 9.98 Å². The molecular weight excluding hydrogens is 384 g/mol. The maximum absolute atomic E-state index is 5.89. The Labute approximate surface area is 183 Å². The maximum atomic E-state index is 5.89. The molecule has 5 heteroatoms. The minimum absolute atomic E-state index is 0.871. The summed E-state index contributed by atoms with van der Waals surface area (Å²) in [6.07, 6.45) is 6.48. The molecule has 3 aromatic rings. The van der Waals surface area contributed by atoms with Crippen molar-refractivity contribution in [2.45, 2.75) is 25.7 Å². The van der Waals surface area contributed by atoms with Crippen LogP contribution in [0.4, 0.5) is 0 Å². The van der Waals surface area contributed by atoms with Crippen molar-refractivity contribution in [1.29, 1.82) is 0 Å². The Kier molecular flexibility index (Phi) is 5.83. The molecule has 31 heavy (non-hydrogen) atoms. The van der Waals surface area contributed by atoms with Crippen LogP contribution in [0, 0.1) is 0 Å². The number of hydrogen-bond donors (Lipinski definition) is 2. The predicted molar refractivity (Wildman–Crippen MR) is 127 cm³/mol. The third kappa shape index (κ3) is 4.55. The highest BCUT2D eigenvalue weighted by molar-refractivity contribution is 6.00. The highest BCUT2D eigenvalue weighted by Crippen LogP contribution is 2.29. The number of rotatable bonds is 4. The van der Waals surface area contributed by atoms with Crippen molar-refractivity contribution in [3.8, 4) is 22.5 Å². The summed E-state index contributed by atoms with van der Waals surface area (Å²) in [5.41, 5.74) is 5.55. The van der Waals surface area contributed by atoms with Crippen LogP contribution in [0.3, 0.4) is 0 Å². The van der Waals surface area contributed by atoms with Crippen molar-refractivity contribution in [3.63, 3.8) is 0 Å². The summed E-state index contributed by atoms with van der Waals surface area (Å²) < 4.78 is 5.89. The van der Waals surface area contributed by atoms with Gasteiger partial charge >= 0.3 is 0 Å². The summed E-state index contributed by atoms with van der Waals surface area (Å²) in [4.78, 5) is 9.31. The first-order valence-electron chi connectivity index (χ1n) is 11.2. The normalized spacial score (nSPS) is 16.9. The fraction of sp³-hybridized carbons (Fsp3) is 0.308. The van der Waals surface area contributed by atoms with E-state index in [1.807, 2.05) is 6.26 Å². The molecule has 0 aliphatic carbocycles. The van der Waals surface area contributed by atoms with Crippen LogP contribution in [0.15, 0.2) is 75.3 Å². The van der Waals surface area contributed by atoms with E-state index < -0.39 is 0 Å². The smallest absolute Gasteiger partial charge is 0.134 e. The zero-order valence-electron chi connectivity index (χ0n) is 17.7. The molecule has 2 aliphatic rings. The Balaban J connectivity index is 1.31. The van der Waals surface area contributed by atoms with E-state index in [4.69, 9.17) is 4.42 Å². The second kappa shape index (κ2) is 9.21. The average molecular weight is 413 g/mol. The van der Waals surface area contributed by atoms with Gasteiger partial charge in [0.25, 0.3) is 0 Å². The monoisotopic (exact) mass is 412 g/mol. The summed E-state index contributed by atoms with van der Waals surface area (Å²) in [6.45, 7) is 3.78. The molecule has 2 aliphatic heterocycles. The van der Waals surface area contributed by atoms with Gasteiger partial charge in [0.2, 0.25) is 0 Å². The molecule has 0 amide bonds. The van der Waals surface area contributed by atoms with Gasteiger partial charge in [-0.1, -0.05) is 48.5 Å². The lowest BCUT2D eigenvalue weighted by Gasteiger charge is -2.08. The number of aliphatic imine (C=N–C) groups is 2. The van der Waals surface area contributed by atoms with Crippen LogP contribution in [0.1, 0.15) is 36.8 Å². The SMILES string of the molecule is c1cc(-c2coc(-c3ccc(C4=NCCCCN4)cc3)c2)ccc1C1=NCCCCN1. The van der Waals surface area contributed by atoms with E-state index in [1.165, 1.54) is 12.8 Å². The zero-order chi connectivity index (χ0) is 20.9. The van der Waals surface area contributed by atoms with Gasteiger partial charge in [-0.2, -0.15) is 0 Å². The lowest BCUT2D eigenvalue weighted by atomic mass is 10.0. The molecular formula is C26H28N4O. The number of hydrogen-bond acceptors (Lipinski definition) is 5. The molecule has 0 spiro atoms. The quantitative estimate of drug-likeness (QED) is 0.642. The second-order valence-corrected chi connectivity index (χ2v) is 8.08. The van der Waals surface area contributed by atoms with Crippen LogP contribution >= 0.6 is 0 Å². The van der Waals surface area contributed by atoms with E-state index in [9.17, 15) is 0 Å². The van der Waals surface area contributed by atoms with E-state index in [0.717, 1.165) is 84.3 Å². The van der Waals surface area contributed by atoms with Gasteiger partial charge in [-0.15, -0.1) is 0 Å². The molecule has 0 saturated heterocycles. The van der Waals surface area contributed by atoms with Gasteiger partial charge in [-0.25, -0.2) is 0 Å². The number of nitrogens with zero attached hydrogens (tertiary/aromatic N) is 2. The molecule has 0 bridgehead atoms. The molecule has 0 fully saturated rings. The standard InChI is InChI=1S/C26H28N4O/c1-2-14-28-25(27-13-1)21-9-5-19(6-10-21)23-17-24(31-18-23)20-7-11-22(12-8-20)26-29-15-3-4-16-30-26/h5-12,17-18H,1-4,13-16H2,(H,27,28)(H,29,30). The molecule has 3 heterocycles. The van der Waals surface area contributed by atoms with Gasteiger partial charge < -0.3 is 15.1 Å². The van der Waals surface area contributed by atoms with Crippen LogP contribution < -0.4 is 10.6 Å². The molecule has 0 atom stereocenters. The Hall–Kier alpha value is -3.34. The van der Waals surface area contributed by atoms with E-state index in [0.29, 0.717) is 0 Å². The van der Waals surface area contributed by atoms with Crippen LogP contribution in [-0.4, -0.2) is 37.9 Å². The van der Waals surface area contributed by atoms with E-state index in [1.54, 1.807) is 0 Å². The summed E-state index contributed by atoms with van der Waals surface area (Å²) >= 11 is 0. The fourth-order valence-electron chi connectivity index (χ4n) is 4.02. The molecule has 1 aromatic heterocycles. The second-order valence-electron chi connectivity index (χ2n) is 8.08. The summed E-state index contributed by atoms with van der Waals surface area (Å²) in [5, 5.41) is 6.86. The van der Waals surface area contributed by atoms with Gasteiger partial charge in [0.05, 0.1) is 6.26 Å². The van der Waals surface area contributed by atoms with E-state index in [-0.39, 0.29) is 0 Å². The Morgan fingerprint density at radius 2 is 1.10 bits per heavy atom. The number of benzene rings is 2. The van der Waals surface area contributed by atoms with Crippen LogP contribution in [0.2, 0.25) is 0 Å². The Morgan fingerprint density at radius 3 is 1.68 bits per heavy atom. The largest absolute Gasteiger partial charge is 0.464 e. The first-order chi connectivity index (χ1) is 15.4. The van der Waals surface area contributed by atoms with Crippen molar-refractivity contribution < 1.29 is 4.42 Å². The molecule has 158 valence electrons. The zero-order valence-corrected chi connectivity index (χ0v) is 17.7. The Bertz CT molecular complexity index is 991. The van der Waals surface area contributed by atoms with Crippen molar-refractivity contribution >= 4 is 11.7 Å². The molecule has 5 rings (SSSR count). The lowest BCUT2D eigenvalue weighted by molar-refractivity contribution is 0.583. The van der Waals surface area contributed by atoms with Gasteiger partial charge in [-0.05, 0) is 37.3 Å². The van der Waals surface area contributed by atoms with Gasteiger partial charge in [0.1, 0.15) is 17.4 Å². The molecule has 0 saturated carbocycles. The van der Waals surface area contributed by atoms with Crippen molar-refractivity contribution in [3.05, 3.63) is 72.0 Å². The third-order valence-corrected chi connectivity index (χ3v) is 5.83. The highest BCUT2D eigenvalue weighted by Gasteiger charge is 2.11. The first-order valence-corrected chi connectivity index (χ1v) is 11.2. The minimum atomic E-state index is 0.871. The maximum Gasteiger partial charge on any atom is 0.134 e. The van der Waals surface area contributed by atoms with Crippen LogP contribution in [0.25, 0.3) is 22.5 Å². The summed E-state index contributed by atoms with van der Waals surface area (Å²) in [7, 11) is 0. The molecule has 5 nitrogen and oxygen atoms in total. The number of furan rings is 1. The lowest BCUT2D eigenvalue weighted by Crippen LogP contribution is -2.24. The topological polar surface area (TPSA) is 61.9 Å². The van der Waals surface area contributed by atoms with Crippen LogP contribution in [0.5, 0.6) is 0 Å². The Morgan fingerprint density at radius 1 is 0.581 bits per heavy atom. The van der Waals surface area contributed by atoms with Crippen molar-refractivity contribution in [2.75, 3.05) is 26.2 Å². The van der Waals surface area contributed by atoms with Gasteiger partial charge in [0, 0.05) is 48.4 Å². The fourth-order valence-corrected chi connectivity index (χ4v) is 4.02.